The molecule has 0 spiro atoms. The van der Waals surface area contributed by atoms with Crippen molar-refractivity contribution in [3.05, 3.63) is 0 Å². The van der Waals surface area contributed by atoms with Gasteiger partial charge in [-0.15, -0.1) is 0 Å². The van der Waals surface area contributed by atoms with Crippen molar-refractivity contribution >= 4 is 0 Å². The molecule has 0 aliphatic heterocycles. The van der Waals surface area contributed by atoms with Gasteiger partial charge in [-0.3, -0.25) is 0 Å². The van der Waals surface area contributed by atoms with E-state index in [4.69, 9.17) is 0 Å². The fourth-order valence-corrected chi connectivity index (χ4v) is 3.37. The molecule has 0 aromatic heterocycles. The zero-order valence-corrected chi connectivity index (χ0v) is 10.2. The van der Waals surface area contributed by atoms with Crippen molar-refractivity contribution in [1.29, 1.82) is 0 Å². The van der Waals surface area contributed by atoms with Crippen molar-refractivity contribution < 1.29 is 5.11 Å². The van der Waals surface area contributed by atoms with Crippen LogP contribution in [0.3, 0.4) is 0 Å². The van der Waals surface area contributed by atoms with Gasteiger partial charge in [-0.05, 0) is 45.7 Å². The topological polar surface area (TPSA) is 23.5 Å². The lowest BCUT2D eigenvalue weighted by Gasteiger charge is -2.50. The third-order valence-electron chi connectivity index (χ3n) is 4.76. The van der Waals surface area contributed by atoms with Gasteiger partial charge in [0.05, 0.1) is 6.10 Å². The molecule has 2 nitrogen and oxygen atoms in total. The third kappa shape index (κ3) is 1.94. The van der Waals surface area contributed by atoms with Gasteiger partial charge in [-0.25, -0.2) is 0 Å². The van der Waals surface area contributed by atoms with Gasteiger partial charge in [-0.2, -0.15) is 0 Å². The Morgan fingerprint density at radius 2 is 1.67 bits per heavy atom. The number of aliphatic hydroxyl groups excluding tert-OH is 1. The van der Waals surface area contributed by atoms with Crippen LogP contribution >= 0.6 is 0 Å². The van der Waals surface area contributed by atoms with Crippen molar-refractivity contribution in [3.8, 4) is 0 Å². The van der Waals surface area contributed by atoms with Crippen LogP contribution in [0.1, 0.15) is 51.4 Å². The van der Waals surface area contributed by atoms with E-state index in [1.165, 1.54) is 51.4 Å². The van der Waals surface area contributed by atoms with E-state index < -0.39 is 0 Å². The first kappa shape index (κ1) is 11.4. The van der Waals surface area contributed by atoms with Crippen molar-refractivity contribution in [2.24, 2.45) is 5.92 Å². The highest BCUT2D eigenvalue weighted by atomic mass is 16.3. The van der Waals surface area contributed by atoms with Gasteiger partial charge in [0.25, 0.3) is 0 Å². The monoisotopic (exact) mass is 211 g/mol. The van der Waals surface area contributed by atoms with Gasteiger partial charge < -0.3 is 10.0 Å². The Hall–Kier alpha value is -0.0800. The normalized spacial score (nSPS) is 28.8. The van der Waals surface area contributed by atoms with Gasteiger partial charge in [0.1, 0.15) is 0 Å². The number of likely N-dealkylation sites (N-methyl/N-ethyl adjacent to an activating group) is 1. The molecule has 0 radical (unpaired) electrons. The summed E-state index contributed by atoms with van der Waals surface area (Å²) in [5.74, 6) is 0.588. The van der Waals surface area contributed by atoms with Crippen LogP contribution in [0, 0.1) is 5.92 Å². The minimum absolute atomic E-state index is 0.0819. The van der Waals surface area contributed by atoms with Crippen LogP contribution in [0.15, 0.2) is 0 Å². The Morgan fingerprint density at radius 1 is 1.07 bits per heavy atom. The maximum absolute atomic E-state index is 10.6. The molecule has 2 aliphatic rings. The molecule has 0 saturated heterocycles. The molecule has 2 fully saturated rings. The molecular weight excluding hydrogens is 186 g/mol. The van der Waals surface area contributed by atoms with E-state index in [1.54, 1.807) is 0 Å². The highest BCUT2D eigenvalue weighted by Crippen LogP contribution is 2.42. The van der Waals surface area contributed by atoms with E-state index in [2.05, 4.69) is 19.0 Å². The molecule has 1 N–H and O–H groups in total. The first-order valence-electron chi connectivity index (χ1n) is 6.52. The first-order chi connectivity index (χ1) is 7.17. The summed E-state index contributed by atoms with van der Waals surface area (Å²) < 4.78 is 0. The average Bonchev–Trinajstić information content (AvgIpc) is 2.16. The molecule has 15 heavy (non-hydrogen) atoms. The first-order valence-corrected chi connectivity index (χ1v) is 6.52. The summed E-state index contributed by atoms with van der Waals surface area (Å²) in [7, 11) is 4.29. The van der Waals surface area contributed by atoms with Gasteiger partial charge in [0, 0.05) is 5.54 Å². The summed E-state index contributed by atoms with van der Waals surface area (Å²) in [4.78, 5) is 2.30. The molecular formula is C13H25NO. The van der Waals surface area contributed by atoms with E-state index in [-0.39, 0.29) is 11.6 Å². The number of rotatable bonds is 3. The van der Waals surface area contributed by atoms with Crippen molar-refractivity contribution in [2.45, 2.75) is 63.0 Å². The Kier molecular flexibility index (Phi) is 3.36. The SMILES string of the molecule is CN(C)C1(C(O)C2CCC2)CCCCC1. The summed E-state index contributed by atoms with van der Waals surface area (Å²) in [5.41, 5.74) is 0.101. The summed E-state index contributed by atoms with van der Waals surface area (Å²) >= 11 is 0. The predicted molar refractivity (Wildman–Crippen MR) is 62.9 cm³/mol. The molecule has 2 rings (SSSR count). The van der Waals surface area contributed by atoms with Crippen LogP contribution in [-0.4, -0.2) is 35.7 Å². The van der Waals surface area contributed by atoms with E-state index in [0.29, 0.717) is 5.92 Å². The van der Waals surface area contributed by atoms with Crippen LogP contribution in [0.5, 0.6) is 0 Å². The fourth-order valence-electron chi connectivity index (χ4n) is 3.37. The maximum atomic E-state index is 10.6. The summed E-state index contributed by atoms with van der Waals surface area (Å²) in [6.07, 6.45) is 10.1. The van der Waals surface area contributed by atoms with E-state index in [0.717, 1.165) is 0 Å². The van der Waals surface area contributed by atoms with E-state index in [9.17, 15) is 5.11 Å². The zero-order chi connectivity index (χ0) is 10.9. The average molecular weight is 211 g/mol. The summed E-state index contributed by atoms with van der Waals surface area (Å²) in [5, 5.41) is 10.6. The second kappa shape index (κ2) is 4.42. The van der Waals surface area contributed by atoms with Gasteiger partial charge >= 0.3 is 0 Å². The molecule has 0 heterocycles. The van der Waals surface area contributed by atoms with Crippen molar-refractivity contribution in [3.63, 3.8) is 0 Å². The van der Waals surface area contributed by atoms with Crippen LogP contribution < -0.4 is 0 Å². The molecule has 2 aliphatic carbocycles. The Morgan fingerprint density at radius 3 is 2.07 bits per heavy atom. The number of hydrogen-bond acceptors (Lipinski definition) is 2. The minimum Gasteiger partial charge on any atom is -0.391 e. The van der Waals surface area contributed by atoms with Crippen LogP contribution in [-0.2, 0) is 0 Å². The van der Waals surface area contributed by atoms with Crippen molar-refractivity contribution in [1.82, 2.24) is 4.90 Å². The molecule has 0 amide bonds. The van der Waals surface area contributed by atoms with E-state index in [1.807, 2.05) is 0 Å². The van der Waals surface area contributed by atoms with E-state index >= 15 is 0 Å². The minimum atomic E-state index is -0.0819. The lowest BCUT2D eigenvalue weighted by molar-refractivity contribution is -0.0796. The molecule has 0 bridgehead atoms. The largest absolute Gasteiger partial charge is 0.391 e. The Bertz CT molecular complexity index is 205. The van der Waals surface area contributed by atoms with Crippen LogP contribution in [0.4, 0.5) is 0 Å². The second-order valence-corrected chi connectivity index (χ2v) is 5.69. The number of nitrogens with zero attached hydrogens (tertiary/aromatic N) is 1. The molecule has 0 aromatic carbocycles. The fraction of sp³-hybridized carbons (Fsp3) is 1.00. The molecule has 1 atom stereocenters. The van der Waals surface area contributed by atoms with Gasteiger partial charge in [0.2, 0.25) is 0 Å². The van der Waals surface area contributed by atoms with Gasteiger partial charge in [-0.1, -0.05) is 25.7 Å². The molecule has 0 aromatic rings. The van der Waals surface area contributed by atoms with Crippen LogP contribution in [0.25, 0.3) is 0 Å². The second-order valence-electron chi connectivity index (χ2n) is 5.69. The van der Waals surface area contributed by atoms with Crippen molar-refractivity contribution in [2.75, 3.05) is 14.1 Å². The highest BCUT2D eigenvalue weighted by Gasteiger charge is 2.45. The standard InChI is InChI=1S/C13H25NO/c1-14(2)13(9-4-3-5-10-13)12(15)11-7-6-8-11/h11-12,15H,3-10H2,1-2H3. The molecule has 1 unspecified atom stereocenters. The number of hydrogen-bond donors (Lipinski definition) is 1. The lowest BCUT2D eigenvalue weighted by atomic mass is 9.67. The zero-order valence-electron chi connectivity index (χ0n) is 10.2. The Labute approximate surface area is 93.7 Å². The summed E-state index contributed by atoms with van der Waals surface area (Å²) in [6.45, 7) is 0. The summed E-state index contributed by atoms with van der Waals surface area (Å²) in [6, 6.07) is 0. The maximum Gasteiger partial charge on any atom is 0.0751 e. The molecule has 2 saturated carbocycles. The molecule has 88 valence electrons. The highest BCUT2D eigenvalue weighted by molar-refractivity contribution is 5.00. The predicted octanol–water partition coefficient (Wildman–Crippen LogP) is 2.41. The number of aliphatic hydroxyl groups is 1. The Balaban J connectivity index is 2.09. The van der Waals surface area contributed by atoms with Gasteiger partial charge in [0.15, 0.2) is 0 Å². The molecule has 2 heteroatoms. The lowest BCUT2D eigenvalue weighted by Crippen LogP contribution is -2.58. The quantitative estimate of drug-likeness (QED) is 0.775. The van der Waals surface area contributed by atoms with Crippen LogP contribution in [0.2, 0.25) is 0 Å². The smallest absolute Gasteiger partial charge is 0.0751 e. The third-order valence-corrected chi connectivity index (χ3v) is 4.76.